The van der Waals surface area contributed by atoms with Crippen LogP contribution in [0.2, 0.25) is 18.1 Å². The van der Waals surface area contributed by atoms with Crippen molar-refractivity contribution in [1.82, 2.24) is 0 Å². The van der Waals surface area contributed by atoms with Gasteiger partial charge in [-0.1, -0.05) is 91.8 Å². The molecule has 0 unspecified atom stereocenters. The number of benzene rings is 2. The summed E-state index contributed by atoms with van der Waals surface area (Å²) in [5, 5.41) is 71.4. The van der Waals surface area contributed by atoms with Gasteiger partial charge in [-0.3, -0.25) is 19.2 Å². The summed E-state index contributed by atoms with van der Waals surface area (Å²) < 4.78 is 43.8. The van der Waals surface area contributed by atoms with E-state index in [1.54, 1.807) is 69.3 Å². The molecule has 2 heterocycles. The summed E-state index contributed by atoms with van der Waals surface area (Å²) in [5.41, 5.74) is -10.4. The highest BCUT2D eigenvalue weighted by atomic mass is 28.4. The van der Waals surface area contributed by atoms with Gasteiger partial charge >= 0.3 is 23.9 Å². The number of Topliss-reactive ketones (excluding diaryl/α,β-unsaturated/α-hetero) is 2. The summed E-state index contributed by atoms with van der Waals surface area (Å²) in [6, 6.07) is 19.1. The number of aliphatic hydroxyl groups is 6. The molecule has 6 N–H and O–H groups in total. The number of aliphatic hydroxyl groups excluding tert-OH is 4. The van der Waals surface area contributed by atoms with Crippen LogP contribution in [-0.2, 0) is 52.0 Å². The van der Waals surface area contributed by atoms with Gasteiger partial charge in [0.05, 0.1) is 71.4 Å². The number of ether oxygens (including phenoxy) is 6. The van der Waals surface area contributed by atoms with Gasteiger partial charge in [-0.15, -0.1) is 0 Å². The summed E-state index contributed by atoms with van der Waals surface area (Å²) >= 11 is 0. The smallest absolute Gasteiger partial charge is 0.338 e. The Labute approximate surface area is 498 Å². The Morgan fingerprint density at radius 1 is 0.600 bits per heavy atom. The lowest BCUT2D eigenvalue weighted by molar-refractivity contribution is -0.345. The fourth-order valence-electron chi connectivity index (χ4n) is 17.3. The van der Waals surface area contributed by atoms with Crippen LogP contribution in [0, 0.1) is 39.4 Å². The Hall–Kier alpha value is -5.00. The molecule has 4 bridgehead atoms. The molecule has 466 valence electrons. The fourth-order valence-corrected chi connectivity index (χ4v) is 20.2. The van der Waals surface area contributed by atoms with E-state index in [4.69, 9.17) is 32.8 Å². The molecule has 10 rings (SSSR count). The first kappa shape index (κ1) is 64.5. The van der Waals surface area contributed by atoms with E-state index in [-0.39, 0.29) is 55.0 Å². The highest BCUT2D eigenvalue weighted by Gasteiger charge is 2.80. The summed E-state index contributed by atoms with van der Waals surface area (Å²) in [6.45, 7) is 24.2. The summed E-state index contributed by atoms with van der Waals surface area (Å²) in [5.74, 6) is -6.75. The molecule has 20 heteroatoms. The number of hydrogen-bond acceptors (Lipinski definition) is 19. The van der Waals surface area contributed by atoms with Crippen molar-refractivity contribution < 1.29 is 92.3 Å². The number of ketones is 2. The molecule has 2 saturated heterocycles. The molecule has 4 saturated carbocycles. The van der Waals surface area contributed by atoms with E-state index >= 15 is 4.79 Å². The third-order valence-electron chi connectivity index (χ3n) is 22.5. The molecule has 6 fully saturated rings. The fraction of sp³-hybridized carbons (Fsp3) is 0.662. The molecule has 85 heavy (non-hydrogen) atoms. The van der Waals surface area contributed by atoms with E-state index in [1.807, 2.05) is 34.6 Å². The minimum atomic E-state index is -2.34. The molecule has 2 aromatic carbocycles. The first-order chi connectivity index (χ1) is 39.6. The van der Waals surface area contributed by atoms with Gasteiger partial charge in [0.25, 0.3) is 0 Å². The van der Waals surface area contributed by atoms with Crippen molar-refractivity contribution in [2.24, 2.45) is 39.4 Å². The van der Waals surface area contributed by atoms with Crippen LogP contribution in [0.4, 0.5) is 0 Å². The zero-order valence-electron chi connectivity index (χ0n) is 51.6. The van der Waals surface area contributed by atoms with E-state index in [9.17, 15) is 54.6 Å². The van der Waals surface area contributed by atoms with Crippen molar-refractivity contribution in [3.63, 3.8) is 0 Å². The lowest BCUT2D eigenvalue weighted by Crippen LogP contribution is -2.81. The number of hydrogen-bond donors (Lipinski definition) is 6. The summed E-state index contributed by atoms with van der Waals surface area (Å²) in [7, 11) is -2.34. The van der Waals surface area contributed by atoms with Gasteiger partial charge in [0.1, 0.15) is 47.5 Å². The number of carbonyl (C=O) groups is 6. The van der Waals surface area contributed by atoms with Crippen LogP contribution in [0.1, 0.15) is 143 Å². The molecule has 2 aromatic rings. The second kappa shape index (κ2) is 22.2. The van der Waals surface area contributed by atoms with Crippen molar-refractivity contribution in [2.75, 3.05) is 13.2 Å². The van der Waals surface area contributed by atoms with Crippen LogP contribution in [-0.4, -0.2) is 165 Å². The maximum Gasteiger partial charge on any atom is 0.338 e. The third kappa shape index (κ3) is 9.42. The second-order valence-corrected chi connectivity index (χ2v) is 31.7. The first-order valence-electron chi connectivity index (χ1n) is 30.1. The standard InChI is InChI=1S/C36H52O9Si.C29H36O10/c1-10-46(11-2,12-3)45-26-18-27-35(20-42-27,44-23(6)37)29-31(43-32(40)24-16-14-13-15-17-24)36(41)19-25(38)21(4)28(33(36,7)8)22(5)30(39)34(26,29)9;1-14-17(31)12-29(36)24(38-25(35)16-9-7-6-8-10-16)22-27(5,23(34)21(33)20(14)26(29,3)4)18(32)11-19-28(22,13-37-19)39-15(2)30/h13-17,22,25-27,29,31,38,41H,10-12,18-20H2,1-9H3;6-10,17-19,21-22,24,31-33,36H,11-13H2,1-5H3/t22-,25+,26+,27-,29+,31+,34-,35+,36-;17-,18-,19+,21+,22-,24-,27+,28-,29+/m10/s1. The Bertz CT molecular complexity index is 3040. The number of rotatable bonds is 11. The lowest BCUT2D eigenvalue weighted by atomic mass is 9.43. The Balaban J connectivity index is 0.000000206. The van der Waals surface area contributed by atoms with Gasteiger partial charge < -0.3 is 63.5 Å². The monoisotopic (exact) mass is 1200 g/mol. The van der Waals surface area contributed by atoms with Gasteiger partial charge in [0, 0.05) is 56.3 Å². The SMILES string of the molecule is CC(=O)O[C@@]12CO[C@@H]1C[C@H](O)[C@@]1(C)C(=O)[C@H](O)C3=C(C)[C@@H](O)C[C@@](O)([C@@H](OC(=O)c4ccccc4)[C@H]21)C3(C)C.CC[Si](CC)(CC)O[C@H]1C[C@H]2OC[C@@]2(OC(C)=O)[C@H]2[C@H](OC(=O)c3ccccc3)[C@]3(O)C[C@H](O)C(C)=C([C@@H](C)C(=O)[C@]12C)C3(C)C. The van der Waals surface area contributed by atoms with Gasteiger partial charge in [-0.25, -0.2) is 9.59 Å². The van der Waals surface area contributed by atoms with Crippen LogP contribution in [0.3, 0.4) is 0 Å². The van der Waals surface area contributed by atoms with Crippen molar-refractivity contribution >= 4 is 43.8 Å². The van der Waals surface area contributed by atoms with Crippen molar-refractivity contribution in [2.45, 2.75) is 218 Å². The summed E-state index contributed by atoms with van der Waals surface area (Å²) in [4.78, 5) is 82.6. The molecule has 0 radical (unpaired) electrons. The molecule has 8 aliphatic rings. The maximum absolute atomic E-state index is 15.4. The third-order valence-corrected chi connectivity index (χ3v) is 27.1. The Morgan fingerprint density at radius 2 is 1.00 bits per heavy atom. The van der Waals surface area contributed by atoms with Crippen LogP contribution < -0.4 is 0 Å². The molecule has 0 aromatic heterocycles. The first-order valence-corrected chi connectivity index (χ1v) is 32.6. The predicted molar refractivity (Wildman–Crippen MR) is 310 cm³/mol. The van der Waals surface area contributed by atoms with Crippen molar-refractivity contribution in [1.29, 1.82) is 0 Å². The summed E-state index contributed by atoms with van der Waals surface area (Å²) in [6.07, 6.45) is -10.8. The molecular weight excluding hydrogens is 1110 g/mol. The molecular formula is C65H88O19Si. The van der Waals surface area contributed by atoms with E-state index in [2.05, 4.69) is 20.8 Å². The maximum atomic E-state index is 15.4. The van der Waals surface area contributed by atoms with Gasteiger partial charge in [0.2, 0.25) is 0 Å². The quantitative estimate of drug-likeness (QED) is 0.0608. The van der Waals surface area contributed by atoms with E-state index in [0.717, 1.165) is 18.1 Å². The average Bonchev–Trinajstić information content (AvgIpc) is 0.687. The minimum absolute atomic E-state index is 0.0238. The van der Waals surface area contributed by atoms with Crippen molar-refractivity contribution in [3.8, 4) is 0 Å². The molecule has 0 spiro atoms. The molecule has 19 nitrogen and oxygen atoms in total. The highest BCUT2D eigenvalue weighted by Crippen LogP contribution is 2.67. The topological polar surface area (TPSA) is 288 Å². The molecule has 0 amide bonds. The molecule has 2 aliphatic heterocycles. The van der Waals surface area contributed by atoms with Gasteiger partial charge in [0.15, 0.2) is 25.3 Å². The van der Waals surface area contributed by atoms with Crippen LogP contribution in [0.15, 0.2) is 83.0 Å². The normalized spacial score (nSPS) is 40.4. The zero-order chi connectivity index (χ0) is 62.7. The van der Waals surface area contributed by atoms with Crippen LogP contribution >= 0.6 is 0 Å². The number of esters is 4. The van der Waals surface area contributed by atoms with E-state index in [1.165, 1.54) is 32.9 Å². The molecule has 6 aliphatic carbocycles. The largest absolute Gasteiger partial charge is 0.455 e. The van der Waals surface area contributed by atoms with Gasteiger partial charge in [-0.2, -0.15) is 0 Å². The predicted octanol–water partition coefficient (Wildman–Crippen LogP) is 6.47. The Morgan fingerprint density at radius 3 is 1.40 bits per heavy atom. The van der Waals surface area contributed by atoms with E-state index in [0.29, 0.717) is 23.1 Å². The van der Waals surface area contributed by atoms with E-state index < -0.39 is 155 Å². The van der Waals surface area contributed by atoms with Crippen LogP contribution in [0.25, 0.3) is 0 Å². The lowest BCUT2D eigenvalue weighted by Gasteiger charge is -2.68. The zero-order valence-corrected chi connectivity index (χ0v) is 52.6. The second-order valence-electron chi connectivity index (χ2n) is 27.0. The number of carbonyl (C=O) groups excluding carboxylic acids is 6. The minimum Gasteiger partial charge on any atom is -0.455 e. The highest BCUT2D eigenvalue weighted by molar-refractivity contribution is 6.73. The number of fused-ring (bicyclic) bond motifs is 10. The molecule has 18 atom stereocenters. The van der Waals surface area contributed by atoms with Crippen molar-refractivity contribution in [3.05, 3.63) is 94.1 Å². The Kier molecular flexibility index (Phi) is 16.9. The average molecular weight is 1200 g/mol. The van der Waals surface area contributed by atoms with Gasteiger partial charge in [-0.05, 0) is 92.4 Å². The van der Waals surface area contributed by atoms with Crippen LogP contribution in [0.5, 0.6) is 0 Å².